The molecule has 1 aromatic heterocycles. The second kappa shape index (κ2) is 18.2. The van der Waals surface area contributed by atoms with Crippen molar-refractivity contribution in [2.24, 2.45) is 0 Å². The van der Waals surface area contributed by atoms with E-state index in [-0.39, 0.29) is 124 Å². The van der Waals surface area contributed by atoms with Crippen LogP contribution in [-0.4, -0.2) is 19.9 Å². The molecular weight excluding hydrogens is 484 g/mol. The minimum Gasteiger partial charge on any atom is -0.810 e. The fraction of sp³-hybridized carbons (Fsp3) is 0.625. The Morgan fingerprint density at radius 3 is 1.97 bits per heavy atom. The molecule has 0 saturated carbocycles. The van der Waals surface area contributed by atoms with Crippen LogP contribution in [0.15, 0.2) is 29.5 Å². The molecule has 0 amide bonds. The van der Waals surface area contributed by atoms with Gasteiger partial charge in [0.05, 0.1) is 12.2 Å². The van der Waals surface area contributed by atoms with Crippen molar-refractivity contribution in [2.45, 2.75) is 64.8 Å². The zero-order valence-corrected chi connectivity index (χ0v) is 29.7. The molecule has 154 valence electrons. The molecule has 31 heavy (non-hydrogen) atoms. The van der Waals surface area contributed by atoms with E-state index in [1.165, 1.54) is 23.4 Å². The van der Waals surface area contributed by atoms with Gasteiger partial charge in [-0.05, 0) is 40.0 Å². The van der Waals surface area contributed by atoms with Crippen LogP contribution in [0.2, 0.25) is 0 Å². The van der Waals surface area contributed by atoms with Gasteiger partial charge in [-0.3, -0.25) is 0 Å². The molecule has 0 atom stereocenters. The maximum Gasteiger partial charge on any atom is 1.00 e. The van der Waals surface area contributed by atoms with E-state index >= 15 is 0 Å². The average molecular weight is 509 g/mol. The van der Waals surface area contributed by atoms with Crippen molar-refractivity contribution < 1.29 is 147 Å². The van der Waals surface area contributed by atoms with Crippen molar-refractivity contribution >= 4 is 15.2 Å². The molecule has 0 bridgehead atoms. The van der Waals surface area contributed by atoms with Gasteiger partial charge < -0.3 is 28.7 Å². The van der Waals surface area contributed by atoms with E-state index in [4.69, 9.17) is 0 Å². The van der Waals surface area contributed by atoms with Crippen molar-refractivity contribution in [1.29, 1.82) is 0 Å². The number of rotatable bonds is 10. The number of allylic oxidation sites excluding steroid dienone is 4. The number of nitrogens with zero attached hydrogens (tertiary/aromatic N) is 3. The van der Waals surface area contributed by atoms with Crippen molar-refractivity contribution in [3.63, 3.8) is 0 Å². The van der Waals surface area contributed by atoms with E-state index < -0.39 is 32.9 Å². The molecule has 0 radical (unpaired) electrons. The molecule has 0 aliphatic rings. The van der Waals surface area contributed by atoms with Crippen LogP contribution in [0.4, 0.5) is 0 Å². The van der Waals surface area contributed by atoms with E-state index in [0.717, 1.165) is 18.4 Å². The predicted octanol–water partition coefficient (Wildman–Crippen LogP) is -11.5. The summed E-state index contributed by atoms with van der Waals surface area (Å²) in [5.41, 5.74) is 2.33. The fourth-order valence-corrected chi connectivity index (χ4v) is 5.28. The van der Waals surface area contributed by atoms with Crippen molar-refractivity contribution in [1.82, 2.24) is 15.0 Å². The van der Waals surface area contributed by atoms with Gasteiger partial charge >= 0.3 is 118 Å². The second-order valence-electron chi connectivity index (χ2n) is 6.81. The molecule has 1 rings (SSSR count). The second-order valence-corrected chi connectivity index (χ2v) is 10.9. The minimum absolute atomic E-state index is 0. The topological polar surface area (TPSA) is 157 Å². The number of hydrogen-bond acceptors (Lipinski definition) is 8. The van der Waals surface area contributed by atoms with Gasteiger partial charge in [0.25, 0.3) is 0 Å². The van der Waals surface area contributed by atoms with Gasteiger partial charge in [-0.15, -0.1) is 5.10 Å². The Labute approximate surface area is 273 Å². The third-order valence-corrected chi connectivity index (χ3v) is 8.81. The van der Waals surface area contributed by atoms with Crippen LogP contribution >= 0.6 is 15.2 Å². The first kappa shape index (κ1) is 41.1. The summed E-state index contributed by atoms with van der Waals surface area (Å²) in [5, 5.41) is 7.52. The molecule has 9 nitrogen and oxygen atoms in total. The molecule has 0 unspecified atom stereocenters. The van der Waals surface area contributed by atoms with Gasteiger partial charge in [0.1, 0.15) is 0 Å². The van der Waals surface area contributed by atoms with Crippen molar-refractivity contribution in [3.05, 3.63) is 35.2 Å². The normalized spacial score (nSPS) is 11.9. The molecule has 0 N–H and O–H groups in total. The Kier molecular flexibility index (Phi) is 24.1. The molecular formula is C16H25N3Na4O6P2. The maximum absolute atomic E-state index is 11.5. The summed E-state index contributed by atoms with van der Waals surface area (Å²) >= 11 is 0. The smallest absolute Gasteiger partial charge is 0.810 e. The quantitative estimate of drug-likeness (QED) is 0.171. The van der Waals surface area contributed by atoms with Crippen LogP contribution in [-0.2, 0) is 22.1 Å². The van der Waals surface area contributed by atoms with Gasteiger partial charge in [0.15, 0.2) is 0 Å². The summed E-state index contributed by atoms with van der Waals surface area (Å²) in [7, 11) is -11.4. The zero-order chi connectivity index (χ0) is 20.9. The SMILES string of the molecule is CCC(Cc1cn(C/C=C(\C)CCC=C(C)C)nn1)(P(=O)([O-])[O-])P(=O)([O-])[O-].[Na+].[Na+].[Na+].[Na+]. The van der Waals surface area contributed by atoms with E-state index in [2.05, 4.69) is 16.4 Å². The third-order valence-electron chi connectivity index (χ3n) is 4.35. The average Bonchev–Trinajstić information content (AvgIpc) is 2.95. The van der Waals surface area contributed by atoms with Crippen LogP contribution in [0.5, 0.6) is 0 Å². The summed E-state index contributed by atoms with van der Waals surface area (Å²) in [6.07, 6.45) is 5.73. The predicted molar refractivity (Wildman–Crippen MR) is 94.4 cm³/mol. The van der Waals surface area contributed by atoms with E-state index in [1.54, 1.807) is 0 Å². The van der Waals surface area contributed by atoms with Gasteiger partial charge in [-0.25, -0.2) is 4.68 Å². The molecule has 0 aliphatic carbocycles. The van der Waals surface area contributed by atoms with Crippen molar-refractivity contribution in [3.8, 4) is 0 Å². The van der Waals surface area contributed by atoms with Gasteiger partial charge in [-0.2, -0.15) is 0 Å². The van der Waals surface area contributed by atoms with E-state index in [0.29, 0.717) is 6.54 Å². The van der Waals surface area contributed by atoms with E-state index in [1.807, 2.05) is 26.8 Å². The molecule has 1 heterocycles. The zero-order valence-electron chi connectivity index (χ0n) is 20.0. The fourth-order valence-electron chi connectivity index (χ4n) is 2.59. The first-order valence-electron chi connectivity index (χ1n) is 8.54. The Bertz CT molecular complexity index is 781. The largest absolute Gasteiger partial charge is 1.00 e. The Morgan fingerprint density at radius 2 is 1.55 bits per heavy atom. The molecule has 15 heteroatoms. The molecule has 1 aromatic rings. The van der Waals surface area contributed by atoms with Crippen molar-refractivity contribution in [2.75, 3.05) is 0 Å². The first-order valence-corrected chi connectivity index (χ1v) is 11.6. The van der Waals surface area contributed by atoms with Gasteiger partial charge in [0, 0.05) is 17.5 Å². The third kappa shape index (κ3) is 13.2. The Balaban J connectivity index is -0.000000911. The summed E-state index contributed by atoms with van der Waals surface area (Å²) in [5.74, 6) is 0. The molecule has 0 aromatic carbocycles. The van der Waals surface area contributed by atoms with Gasteiger partial charge in [-0.1, -0.05) is 50.6 Å². The van der Waals surface area contributed by atoms with E-state index in [9.17, 15) is 28.7 Å². The Hall–Kier alpha value is 2.92. The molecule has 0 aliphatic heterocycles. The molecule has 0 spiro atoms. The summed E-state index contributed by atoms with van der Waals surface area (Å²) in [6.45, 7) is 7.55. The summed E-state index contributed by atoms with van der Waals surface area (Å²) < 4.78 is 24.5. The number of aromatic nitrogens is 3. The van der Waals surface area contributed by atoms with Crippen LogP contribution in [0.3, 0.4) is 0 Å². The monoisotopic (exact) mass is 509 g/mol. The first-order chi connectivity index (χ1) is 12.3. The minimum atomic E-state index is -5.72. The Morgan fingerprint density at radius 1 is 1.03 bits per heavy atom. The molecule has 0 saturated heterocycles. The van der Waals surface area contributed by atoms with Crippen LogP contribution in [0.1, 0.15) is 52.7 Å². The van der Waals surface area contributed by atoms with Crippen LogP contribution < -0.4 is 138 Å². The maximum atomic E-state index is 11.5. The van der Waals surface area contributed by atoms with Crippen LogP contribution in [0, 0.1) is 0 Å². The number of hydrogen-bond donors (Lipinski definition) is 0. The van der Waals surface area contributed by atoms with Crippen LogP contribution in [0.25, 0.3) is 0 Å². The standard InChI is InChI=1S/C16H29N3O6P2.4Na/c1-5-16(26(20,21)22,27(23,24)25)11-15-12-19(18-17-15)10-9-14(4)8-6-7-13(2)3;;;;/h7,9,12H,5-6,8,10-11H2,1-4H3,(H2,20,21,22)(H2,23,24,25);;;;/q;4*+1/p-4/b14-9+;;;;. The summed E-state index contributed by atoms with van der Waals surface area (Å²) in [6, 6.07) is 0. The summed E-state index contributed by atoms with van der Waals surface area (Å²) in [4.78, 5) is 43.2. The molecule has 0 fully saturated rings. The van der Waals surface area contributed by atoms with Gasteiger partial charge in [0.2, 0.25) is 0 Å².